The van der Waals surface area contributed by atoms with Crippen molar-refractivity contribution in [2.45, 2.75) is 6.42 Å². The molecule has 0 saturated carbocycles. The van der Waals surface area contributed by atoms with E-state index in [0.29, 0.717) is 0 Å². The zero-order valence-electron chi connectivity index (χ0n) is 8.34. The third-order valence-electron chi connectivity index (χ3n) is 2.02. The second-order valence-electron chi connectivity index (χ2n) is 3.19. The maximum absolute atomic E-state index is 12.9. The molecule has 0 radical (unpaired) electrons. The number of benzene rings is 1. The van der Waals surface area contributed by atoms with Gasteiger partial charge in [-0.2, -0.15) is 10.4 Å². The normalized spacial score (nSPS) is 10.2. The second-order valence-corrected chi connectivity index (χ2v) is 3.19. The van der Waals surface area contributed by atoms with Crippen molar-refractivity contribution in [2.75, 3.05) is 0 Å². The minimum atomic E-state index is -1.54. The first-order valence-electron chi connectivity index (χ1n) is 4.55. The SMILES string of the molecule is N#CCc1nc(-c2cc(F)c(F)c(F)c2)n[nH]1. The first kappa shape index (κ1) is 11.1. The third kappa shape index (κ3) is 2.10. The monoisotopic (exact) mass is 238 g/mol. The molecular weight excluding hydrogens is 233 g/mol. The van der Waals surface area contributed by atoms with Crippen molar-refractivity contribution in [2.24, 2.45) is 0 Å². The molecule has 0 unspecified atom stereocenters. The van der Waals surface area contributed by atoms with E-state index in [1.807, 2.05) is 6.07 Å². The van der Waals surface area contributed by atoms with Gasteiger partial charge >= 0.3 is 0 Å². The summed E-state index contributed by atoms with van der Waals surface area (Å²) in [4.78, 5) is 3.84. The third-order valence-corrected chi connectivity index (χ3v) is 2.02. The zero-order valence-corrected chi connectivity index (χ0v) is 8.34. The predicted molar refractivity (Wildman–Crippen MR) is 51.0 cm³/mol. The zero-order chi connectivity index (χ0) is 12.4. The van der Waals surface area contributed by atoms with Gasteiger partial charge in [-0.3, -0.25) is 5.10 Å². The van der Waals surface area contributed by atoms with Crippen LogP contribution in [0.15, 0.2) is 12.1 Å². The van der Waals surface area contributed by atoms with Crippen molar-refractivity contribution in [3.05, 3.63) is 35.4 Å². The molecule has 4 nitrogen and oxygen atoms in total. The van der Waals surface area contributed by atoms with Gasteiger partial charge < -0.3 is 0 Å². The van der Waals surface area contributed by atoms with Crippen LogP contribution in [0.3, 0.4) is 0 Å². The van der Waals surface area contributed by atoms with Crippen molar-refractivity contribution in [3.63, 3.8) is 0 Å². The van der Waals surface area contributed by atoms with Gasteiger partial charge in [0.1, 0.15) is 5.82 Å². The van der Waals surface area contributed by atoms with Gasteiger partial charge in [0.05, 0.1) is 12.5 Å². The Balaban J connectivity index is 2.43. The Morgan fingerprint density at radius 3 is 2.47 bits per heavy atom. The molecule has 1 heterocycles. The molecule has 1 N–H and O–H groups in total. The van der Waals surface area contributed by atoms with E-state index in [0.717, 1.165) is 12.1 Å². The Kier molecular flexibility index (Phi) is 2.78. The number of aromatic nitrogens is 3. The maximum atomic E-state index is 12.9. The fraction of sp³-hybridized carbons (Fsp3) is 0.100. The highest BCUT2D eigenvalue weighted by molar-refractivity contribution is 5.54. The van der Waals surface area contributed by atoms with E-state index in [4.69, 9.17) is 5.26 Å². The lowest BCUT2D eigenvalue weighted by Crippen LogP contribution is -1.93. The standard InChI is InChI=1S/C10H5F3N4/c11-6-3-5(4-7(12)9(6)13)10-15-8(1-2-14)16-17-10/h3-4H,1H2,(H,15,16,17). The summed E-state index contributed by atoms with van der Waals surface area (Å²) < 4.78 is 38.6. The van der Waals surface area contributed by atoms with Gasteiger partial charge in [-0.25, -0.2) is 18.2 Å². The second kappa shape index (κ2) is 4.25. The van der Waals surface area contributed by atoms with Crippen molar-refractivity contribution in [3.8, 4) is 17.5 Å². The van der Waals surface area contributed by atoms with Crippen LogP contribution < -0.4 is 0 Å². The fourth-order valence-corrected chi connectivity index (χ4v) is 1.26. The van der Waals surface area contributed by atoms with Crippen molar-refractivity contribution >= 4 is 0 Å². The van der Waals surface area contributed by atoms with Gasteiger partial charge in [0.25, 0.3) is 0 Å². The molecule has 1 aromatic heterocycles. The summed E-state index contributed by atoms with van der Waals surface area (Å²) in [6, 6.07) is 3.42. The fourth-order valence-electron chi connectivity index (χ4n) is 1.26. The molecule has 17 heavy (non-hydrogen) atoms. The van der Waals surface area contributed by atoms with Gasteiger partial charge in [0.15, 0.2) is 23.3 Å². The Bertz CT molecular complexity index is 577. The molecule has 0 aliphatic carbocycles. The summed E-state index contributed by atoms with van der Waals surface area (Å²) >= 11 is 0. The van der Waals surface area contributed by atoms with E-state index < -0.39 is 17.5 Å². The van der Waals surface area contributed by atoms with E-state index in [1.54, 1.807) is 0 Å². The van der Waals surface area contributed by atoms with Crippen LogP contribution in [-0.4, -0.2) is 15.2 Å². The minimum Gasteiger partial charge on any atom is -0.262 e. The number of rotatable bonds is 2. The first-order valence-corrected chi connectivity index (χ1v) is 4.55. The van der Waals surface area contributed by atoms with Gasteiger partial charge in [-0.1, -0.05) is 0 Å². The smallest absolute Gasteiger partial charge is 0.194 e. The predicted octanol–water partition coefficient (Wildman–Crippen LogP) is 1.96. The number of nitriles is 1. The number of hydrogen-bond donors (Lipinski definition) is 1. The minimum absolute atomic E-state index is 0.000834. The van der Waals surface area contributed by atoms with Crippen LogP contribution in [0.4, 0.5) is 13.2 Å². The number of H-pyrrole nitrogens is 1. The number of nitrogens with zero attached hydrogens (tertiary/aromatic N) is 3. The van der Waals surface area contributed by atoms with Crippen molar-refractivity contribution < 1.29 is 13.2 Å². The Morgan fingerprint density at radius 1 is 1.24 bits per heavy atom. The number of hydrogen-bond acceptors (Lipinski definition) is 3. The Labute approximate surface area is 93.7 Å². The highest BCUT2D eigenvalue weighted by Crippen LogP contribution is 2.20. The van der Waals surface area contributed by atoms with Crippen molar-refractivity contribution in [1.82, 2.24) is 15.2 Å². The Hall–Kier alpha value is -2.36. The Morgan fingerprint density at radius 2 is 1.88 bits per heavy atom. The molecule has 7 heteroatoms. The average molecular weight is 238 g/mol. The summed E-state index contributed by atoms with van der Waals surface area (Å²) in [5.41, 5.74) is 0.00170. The van der Waals surface area contributed by atoms with E-state index in [9.17, 15) is 13.2 Å². The number of halogens is 3. The van der Waals surface area contributed by atoms with Gasteiger partial charge in [-0.05, 0) is 12.1 Å². The van der Waals surface area contributed by atoms with E-state index in [-0.39, 0.29) is 23.6 Å². The molecule has 0 fully saturated rings. The molecule has 2 aromatic rings. The lowest BCUT2D eigenvalue weighted by Gasteiger charge is -1.98. The molecule has 2 rings (SSSR count). The van der Waals surface area contributed by atoms with E-state index in [1.165, 1.54) is 0 Å². The molecule has 0 atom stereocenters. The highest BCUT2D eigenvalue weighted by atomic mass is 19.2. The molecule has 0 saturated heterocycles. The van der Waals surface area contributed by atoms with Gasteiger partial charge in [0, 0.05) is 5.56 Å². The molecule has 0 aliphatic heterocycles. The summed E-state index contributed by atoms with van der Waals surface area (Å²) in [7, 11) is 0. The van der Waals surface area contributed by atoms with Crippen molar-refractivity contribution in [1.29, 1.82) is 5.26 Å². The average Bonchev–Trinajstić information content (AvgIpc) is 2.74. The van der Waals surface area contributed by atoms with Crippen LogP contribution in [0.1, 0.15) is 5.82 Å². The van der Waals surface area contributed by atoms with Gasteiger partial charge in [0.2, 0.25) is 0 Å². The maximum Gasteiger partial charge on any atom is 0.194 e. The molecular formula is C10H5F3N4. The van der Waals surface area contributed by atoms with Crippen LogP contribution in [0, 0.1) is 28.8 Å². The van der Waals surface area contributed by atoms with Gasteiger partial charge in [-0.15, -0.1) is 0 Å². The molecule has 0 aliphatic rings. The number of nitrogens with one attached hydrogen (secondary N) is 1. The molecule has 0 bridgehead atoms. The largest absolute Gasteiger partial charge is 0.262 e. The molecule has 86 valence electrons. The van der Waals surface area contributed by atoms with E-state index >= 15 is 0 Å². The van der Waals surface area contributed by atoms with Crippen LogP contribution in [0.5, 0.6) is 0 Å². The quantitative estimate of drug-likeness (QED) is 0.813. The molecule has 0 amide bonds. The highest BCUT2D eigenvalue weighted by Gasteiger charge is 2.14. The summed E-state index contributed by atoms with van der Waals surface area (Å²) in [6.07, 6.45) is -0.000834. The summed E-state index contributed by atoms with van der Waals surface area (Å²) in [5, 5.41) is 14.5. The lowest BCUT2D eigenvalue weighted by molar-refractivity contribution is 0.447. The van der Waals surface area contributed by atoms with Crippen LogP contribution in [-0.2, 0) is 6.42 Å². The first-order chi connectivity index (χ1) is 8.11. The summed E-state index contributed by atoms with van der Waals surface area (Å²) in [5.74, 6) is -3.89. The molecule has 1 aromatic carbocycles. The van der Waals surface area contributed by atoms with Crippen LogP contribution >= 0.6 is 0 Å². The topological polar surface area (TPSA) is 65.4 Å². The van der Waals surface area contributed by atoms with E-state index in [2.05, 4.69) is 15.2 Å². The molecule has 0 spiro atoms. The summed E-state index contributed by atoms with van der Waals surface area (Å²) in [6.45, 7) is 0. The van der Waals surface area contributed by atoms with Crippen LogP contribution in [0.25, 0.3) is 11.4 Å². The number of aromatic amines is 1. The van der Waals surface area contributed by atoms with Crippen LogP contribution in [0.2, 0.25) is 0 Å². The lowest BCUT2D eigenvalue weighted by atomic mass is 10.2.